The summed E-state index contributed by atoms with van der Waals surface area (Å²) in [4.78, 5) is 10.9. The molecule has 64 valence electrons. The third-order valence-corrected chi connectivity index (χ3v) is 2.13. The van der Waals surface area contributed by atoms with Crippen molar-refractivity contribution in [2.45, 2.75) is 0 Å². The molecule has 2 rings (SSSR count). The lowest BCUT2D eigenvalue weighted by Crippen LogP contribution is -2.29. The van der Waals surface area contributed by atoms with E-state index in [9.17, 15) is 4.79 Å². The van der Waals surface area contributed by atoms with E-state index in [2.05, 4.69) is 5.32 Å². The van der Waals surface area contributed by atoms with Crippen LogP contribution in [-0.2, 0) is 9.53 Å². The first-order valence-corrected chi connectivity index (χ1v) is 3.84. The number of amides is 1. The first-order chi connectivity index (χ1) is 5.79. The highest BCUT2D eigenvalue weighted by Gasteiger charge is 2.30. The molecule has 0 saturated heterocycles. The molecule has 0 saturated carbocycles. The summed E-state index contributed by atoms with van der Waals surface area (Å²) >= 11 is 0. The molecule has 0 radical (unpaired) electrons. The zero-order valence-corrected chi connectivity index (χ0v) is 6.54. The monoisotopic (exact) mass is 166 g/mol. The normalized spacial score (nSPS) is 26.2. The lowest BCUT2D eigenvalue weighted by atomic mass is 9.99. The van der Waals surface area contributed by atoms with Crippen LogP contribution >= 0.6 is 0 Å². The van der Waals surface area contributed by atoms with E-state index in [0.717, 1.165) is 11.3 Å². The second kappa shape index (κ2) is 2.55. The molecule has 0 aromatic carbocycles. The fourth-order valence-electron chi connectivity index (χ4n) is 1.46. The summed E-state index contributed by atoms with van der Waals surface area (Å²) in [5.41, 5.74) is 6.18. The SMILES string of the molecule is NC(=O)C1COC2=C1CNC=C2. The van der Waals surface area contributed by atoms with Crippen LogP contribution in [0, 0.1) is 5.92 Å². The fraction of sp³-hybridized carbons (Fsp3) is 0.375. The molecule has 4 nitrogen and oxygen atoms in total. The number of carbonyl (C=O) groups excluding carboxylic acids is 1. The van der Waals surface area contributed by atoms with E-state index in [1.807, 2.05) is 12.3 Å². The Hall–Kier alpha value is -1.45. The van der Waals surface area contributed by atoms with Crippen molar-refractivity contribution in [3.63, 3.8) is 0 Å². The van der Waals surface area contributed by atoms with Gasteiger partial charge in [-0.2, -0.15) is 0 Å². The highest BCUT2D eigenvalue weighted by atomic mass is 16.5. The van der Waals surface area contributed by atoms with Gasteiger partial charge in [0.25, 0.3) is 0 Å². The molecule has 0 aliphatic carbocycles. The van der Waals surface area contributed by atoms with Crippen molar-refractivity contribution in [2.24, 2.45) is 11.7 Å². The molecule has 2 aliphatic rings. The van der Waals surface area contributed by atoms with E-state index in [1.165, 1.54) is 0 Å². The van der Waals surface area contributed by atoms with Gasteiger partial charge in [-0.15, -0.1) is 0 Å². The van der Waals surface area contributed by atoms with Crippen molar-refractivity contribution in [3.8, 4) is 0 Å². The van der Waals surface area contributed by atoms with Crippen LogP contribution in [0.5, 0.6) is 0 Å². The summed E-state index contributed by atoms with van der Waals surface area (Å²) in [5.74, 6) is 0.257. The third kappa shape index (κ3) is 0.958. The molecule has 2 aliphatic heterocycles. The largest absolute Gasteiger partial charge is 0.492 e. The van der Waals surface area contributed by atoms with Crippen molar-refractivity contribution < 1.29 is 9.53 Å². The highest BCUT2D eigenvalue weighted by molar-refractivity contribution is 5.81. The van der Waals surface area contributed by atoms with Gasteiger partial charge < -0.3 is 15.8 Å². The van der Waals surface area contributed by atoms with Crippen molar-refractivity contribution in [1.82, 2.24) is 5.32 Å². The Morgan fingerprint density at radius 2 is 2.58 bits per heavy atom. The van der Waals surface area contributed by atoms with Crippen LogP contribution in [0.1, 0.15) is 0 Å². The van der Waals surface area contributed by atoms with Crippen molar-refractivity contribution in [1.29, 1.82) is 0 Å². The molecule has 2 heterocycles. The van der Waals surface area contributed by atoms with Crippen molar-refractivity contribution in [3.05, 3.63) is 23.6 Å². The van der Waals surface area contributed by atoms with Crippen molar-refractivity contribution >= 4 is 5.91 Å². The average Bonchev–Trinajstić information content (AvgIpc) is 2.47. The molecule has 1 unspecified atom stereocenters. The van der Waals surface area contributed by atoms with Gasteiger partial charge in [0.2, 0.25) is 5.91 Å². The number of allylic oxidation sites excluding steroid dienone is 1. The summed E-state index contributed by atoms with van der Waals surface area (Å²) < 4.78 is 5.28. The van der Waals surface area contributed by atoms with Gasteiger partial charge >= 0.3 is 0 Å². The standard InChI is InChI=1S/C8H10N2O2/c9-8(11)6-4-12-7-1-2-10-3-5(6)7/h1-2,6,10H,3-4H2,(H2,9,11). The summed E-state index contributed by atoms with van der Waals surface area (Å²) in [6, 6.07) is 0. The van der Waals surface area contributed by atoms with Crippen LogP contribution in [0.25, 0.3) is 0 Å². The lowest BCUT2D eigenvalue weighted by molar-refractivity contribution is -0.121. The highest BCUT2D eigenvalue weighted by Crippen LogP contribution is 2.26. The van der Waals surface area contributed by atoms with Gasteiger partial charge in [0.1, 0.15) is 12.4 Å². The van der Waals surface area contributed by atoms with Crippen LogP contribution in [0.2, 0.25) is 0 Å². The second-order valence-corrected chi connectivity index (χ2v) is 2.87. The molecule has 12 heavy (non-hydrogen) atoms. The van der Waals surface area contributed by atoms with E-state index in [-0.39, 0.29) is 11.8 Å². The number of hydrogen-bond acceptors (Lipinski definition) is 3. The maximum absolute atomic E-state index is 10.9. The topological polar surface area (TPSA) is 64.4 Å². The van der Waals surface area contributed by atoms with Gasteiger partial charge in [0.05, 0.1) is 5.92 Å². The Bertz CT molecular complexity index is 281. The summed E-state index contributed by atoms with van der Waals surface area (Å²) in [6.45, 7) is 1.06. The van der Waals surface area contributed by atoms with Crippen LogP contribution in [0.15, 0.2) is 23.6 Å². The summed E-state index contributed by atoms with van der Waals surface area (Å²) in [6.07, 6.45) is 3.63. The van der Waals surface area contributed by atoms with E-state index in [1.54, 1.807) is 0 Å². The van der Waals surface area contributed by atoms with Gasteiger partial charge in [-0.1, -0.05) is 0 Å². The number of hydrogen-bond donors (Lipinski definition) is 2. The minimum atomic E-state index is -0.308. The van der Waals surface area contributed by atoms with E-state index in [0.29, 0.717) is 13.2 Å². The van der Waals surface area contributed by atoms with Crippen LogP contribution in [-0.4, -0.2) is 19.1 Å². The Morgan fingerprint density at radius 3 is 3.33 bits per heavy atom. The summed E-state index contributed by atoms with van der Waals surface area (Å²) in [5, 5.41) is 3.01. The molecule has 1 atom stereocenters. The van der Waals surface area contributed by atoms with Gasteiger partial charge in [-0.05, 0) is 6.08 Å². The Balaban J connectivity index is 2.27. The molecule has 1 amide bonds. The number of carbonyl (C=O) groups is 1. The van der Waals surface area contributed by atoms with Gasteiger partial charge in [-0.3, -0.25) is 4.79 Å². The lowest BCUT2D eigenvalue weighted by Gasteiger charge is -2.11. The van der Waals surface area contributed by atoms with E-state index >= 15 is 0 Å². The molecule has 0 spiro atoms. The van der Waals surface area contributed by atoms with E-state index < -0.39 is 0 Å². The van der Waals surface area contributed by atoms with Gasteiger partial charge in [-0.25, -0.2) is 0 Å². The average molecular weight is 166 g/mol. The fourth-order valence-corrected chi connectivity index (χ4v) is 1.46. The molecule has 0 bridgehead atoms. The molecular formula is C8H10N2O2. The molecule has 0 aromatic rings. The Morgan fingerprint density at radius 1 is 1.75 bits per heavy atom. The summed E-state index contributed by atoms with van der Waals surface area (Å²) in [7, 11) is 0. The van der Waals surface area contributed by atoms with Crippen LogP contribution < -0.4 is 11.1 Å². The molecule has 3 N–H and O–H groups in total. The Kier molecular flexibility index (Phi) is 1.53. The zero-order valence-electron chi connectivity index (χ0n) is 6.54. The van der Waals surface area contributed by atoms with Crippen LogP contribution in [0.4, 0.5) is 0 Å². The number of dihydropyridines is 1. The first-order valence-electron chi connectivity index (χ1n) is 3.84. The first kappa shape index (κ1) is 7.21. The van der Waals surface area contributed by atoms with E-state index in [4.69, 9.17) is 10.5 Å². The second-order valence-electron chi connectivity index (χ2n) is 2.87. The quantitative estimate of drug-likeness (QED) is 0.551. The predicted molar refractivity (Wildman–Crippen MR) is 42.8 cm³/mol. The number of rotatable bonds is 1. The maximum Gasteiger partial charge on any atom is 0.228 e. The van der Waals surface area contributed by atoms with Crippen LogP contribution in [0.3, 0.4) is 0 Å². The molecule has 0 aromatic heterocycles. The smallest absolute Gasteiger partial charge is 0.228 e. The maximum atomic E-state index is 10.9. The van der Waals surface area contributed by atoms with Crippen molar-refractivity contribution in [2.75, 3.05) is 13.2 Å². The zero-order chi connectivity index (χ0) is 8.55. The number of ether oxygens (including phenoxy) is 1. The molecule has 4 heteroatoms. The van der Waals surface area contributed by atoms with Gasteiger partial charge in [0, 0.05) is 18.3 Å². The van der Waals surface area contributed by atoms with Gasteiger partial charge in [0.15, 0.2) is 0 Å². The minimum Gasteiger partial charge on any atom is -0.492 e. The number of nitrogens with one attached hydrogen (secondary N) is 1. The predicted octanol–water partition coefficient (Wildman–Crippen LogP) is -0.511. The molecule has 0 fully saturated rings. The number of primary amides is 1. The Labute approximate surface area is 70.1 Å². The molecular weight excluding hydrogens is 156 g/mol. The number of nitrogens with two attached hydrogens (primary N) is 1. The minimum absolute atomic E-state index is 0.238. The third-order valence-electron chi connectivity index (χ3n) is 2.13.